The van der Waals surface area contributed by atoms with Crippen molar-refractivity contribution in [2.24, 2.45) is 0 Å². The van der Waals surface area contributed by atoms with E-state index in [1.54, 1.807) is 24.3 Å². The van der Waals surface area contributed by atoms with Crippen molar-refractivity contribution < 1.29 is 27.8 Å². The topological polar surface area (TPSA) is 64.6 Å². The highest BCUT2D eigenvalue weighted by molar-refractivity contribution is 5.95. The number of hydrogen-bond acceptors (Lipinski definition) is 4. The van der Waals surface area contributed by atoms with Gasteiger partial charge in [-0.25, -0.2) is 8.78 Å². The van der Waals surface area contributed by atoms with Gasteiger partial charge in [0, 0.05) is 6.07 Å². The minimum Gasteiger partial charge on any atom is -0.497 e. The molecule has 0 bridgehead atoms. The number of carbonyl (C=O) groups is 2. The van der Waals surface area contributed by atoms with Crippen LogP contribution in [-0.4, -0.2) is 26.1 Å². The molecule has 2 rings (SSSR count). The van der Waals surface area contributed by atoms with E-state index in [4.69, 9.17) is 4.74 Å². The van der Waals surface area contributed by atoms with Crippen LogP contribution in [0.5, 0.6) is 5.75 Å². The molecule has 0 aliphatic carbocycles. The summed E-state index contributed by atoms with van der Waals surface area (Å²) < 4.78 is 36.5. The van der Waals surface area contributed by atoms with Gasteiger partial charge in [-0.15, -0.1) is 0 Å². The highest BCUT2D eigenvalue weighted by Gasteiger charge is 2.21. The predicted octanol–water partition coefficient (Wildman–Crippen LogP) is 3.01. The number of carbonyl (C=O) groups excluding carboxylic acids is 2. The first-order valence-electron chi connectivity index (χ1n) is 7.41. The molecule has 2 aromatic carbocycles. The van der Waals surface area contributed by atoms with Crippen molar-refractivity contribution in [1.29, 1.82) is 0 Å². The van der Waals surface area contributed by atoms with Crippen LogP contribution in [0, 0.1) is 11.6 Å². The van der Waals surface area contributed by atoms with E-state index in [1.807, 2.05) is 0 Å². The van der Waals surface area contributed by atoms with Crippen molar-refractivity contribution in [2.75, 3.05) is 14.2 Å². The third kappa shape index (κ3) is 4.76. The Hall–Kier alpha value is -2.96. The summed E-state index contributed by atoms with van der Waals surface area (Å²) in [6.45, 7) is 0. The Balaban J connectivity index is 2.25. The molecule has 1 N–H and O–H groups in total. The maximum absolute atomic E-state index is 13.8. The van der Waals surface area contributed by atoms with Crippen LogP contribution in [0.25, 0.3) is 0 Å². The number of benzene rings is 2. The third-order valence-electron chi connectivity index (χ3n) is 3.60. The highest BCUT2D eigenvalue weighted by Crippen LogP contribution is 2.22. The number of esters is 1. The molecule has 0 heterocycles. The molecule has 0 saturated heterocycles. The third-order valence-corrected chi connectivity index (χ3v) is 3.60. The summed E-state index contributed by atoms with van der Waals surface area (Å²) >= 11 is 0. The predicted molar refractivity (Wildman–Crippen MR) is 86.2 cm³/mol. The van der Waals surface area contributed by atoms with Crippen LogP contribution in [0.1, 0.15) is 28.4 Å². The van der Waals surface area contributed by atoms with Crippen LogP contribution < -0.4 is 10.1 Å². The Morgan fingerprint density at radius 2 is 1.76 bits per heavy atom. The molecule has 25 heavy (non-hydrogen) atoms. The Bertz CT molecular complexity index is 762. The molecule has 5 nitrogen and oxygen atoms in total. The van der Waals surface area contributed by atoms with Gasteiger partial charge in [-0.05, 0) is 29.8 Å². The van der Waals surface area contributed by atoms with Crippen molar-refractivity contribution in [2.45, 2.75) is 12.5 Å². The minimum atomic E-state index is -0.982. The number of nitrogens with one attached hydrogen (secondary N) is 1. The lowest BCUT2D eigenvalue weighted by Crippen LogP contribution is -2.31. The normalized spacial score (nSPS) is 11.5. The summed E-state index contributed by atoms with van der Waals surface area (Å²) in [6, 6.07) is 8.60. The highest BCUT2D eigenvalue weighted by atomic mass is 19.1. The number of hydrogen-bond donors (Lipinski definition) is 1. The molecule has 7 heteroatoms. The van der Waals surface area contributed by atoms with Crippen molar-refractivity contribution in [3.05, 3.63) is 65.2 Å². The molecule has 0 aliphatic rings. The lowest BCUT2D eigenvalue weighted by Gasteiger charge is -2.19. The molecule has 0 saturated carbocycles. The van der Waals surface area contributed by atoms with Crippen molar-refractivity contribution in [1.82, 2.24) is 5.32 Å². The molecule has 0 aliphatic heterocycles. The summed E-state index contributed by atoms with van der Waals surface area (Å²) in [4.78, 5) is 23.9. The second-order valence-corrected chi connectivity index (χ2v) is 5.20. The van der Waals surface area contributed by atoms with Crippen LogP contribution in [0.4, 0.5) is 8.78 Å². The van der Waals surface area contributed by atoms with Crippen molar-refractivity contribution in [3.63, 3.8) is 0 Å². The number of rotatable bonds is 6. The van der Waals surface area contributed by atoms with Gasteiger partial charge >= 0.3 is 5.97 Å². The van der Waals surface area contributed by atoms with E-state index in [0.717, 1.165) is 12.1 Å². The molecule has 1 atom stereocenters. The molecular weight excluding hydrogens is 332 g/mol. The number of amides is 1. The fourth-order valence-electron chi connectivity index (χ4n) is 2.25. The Morgan fingerprint density at radius 3 is 2.32 bits per heavy atom. The molecule has 1 amide bonds. The second-order valence-electron chi connectivity index (χ2n) is 5.20. The first kappa shape index (κ1) is 18.4. The Labute approximate surface area is 143 Å². The van der Waals surface area contributed by atoms with E-state index in [0.29, 0.717) is 17.4 Å². The van der Waals surface area contributed by atoms with E-state index >= 15 is 0 Å². The van der Waals surface area contributed by atoms with Gasteiger partial charge in [0.15, 0.2) is 0 Å². The standard InChI is InChI=1S/C18H17F2NO4/c1-24-13-6-3-11(4-7-13)16(10-17(22)25-2)21-18(23)14-8-5-12(19)9-15(14)20/h3-9,16H,10H2,1-2H3,(H,21,23)/t16-/m0/s1. The molecular formula is C18H17F2NO4. The monoisotopic (exact) mass is 349 g/mol. The van der Waals surface area contributed by atoms with Gasteiger partial charge in [-0.3, -0.25) is 9.59 Å². The summed E-state index contributed by atoms with van der Waals surface area (Å²) in [6.07, 6.45) is -0.141. The van der Waals surface area contributed by atoms with Gasteiger partial charge in [0.1, 0.15) is 17.4 Å². The smallest absolute Gasteiger partial charge is 0.307 e. The van der Waals surface area contributed by atoms with Crippen LogP contribution in [0.3, 0.4) is 0 Å². The van der Waals surface area contributed by atoms with Gasteiger partial charge in [0.05, 0.1) is 32.2 Å². The Morgan fingerprint density at radius 1 is 1.08 bits per heavy atom. The van der Waals surface area contributed by atoms with E-state index in [1.165, 1.54) is 14.2 Å². The van der Waals surface area contributed by atoms with Gasteiger partial charge < -0.3 is 14.8 Å². The summed E-state index contributed by atoms with van der Waals surface area (Å²) in [5.74, 6) is -2.46. The lowest BCUT2D eigenvalue weighted by molar-refractivity contribution is -0.141. The Kier molecular flexibility index (Phi) is 6.05. The average Bonchev–Trinajstić information content (AvgIpc) is 2.60. The van der Waals surface area contributed by atoms with Crippen molar-refractivity contribution in [3.8, 4) is 5.75 Å². The quantitative estimate of drug-likeness (QED) is 0.815. The van der Waals surface area contributed by atoms with Crippen molar-refractivity contribution >= 4 is 11.9 Å². The number of ether oxygens (including phenoxy) is 2. The van der Waals surface area contributed by atoms with Crippen LogP contribution in [0.15, 0.2) is 42.5 Å². The van der Waals surface area contributed by atoms with Gasteiger partial charge in [-0.1, -0.05) is 12.1 Å². The summed E-state index contributed by atoms with van der Waals surface area (Å²) in [5.41, 5.74) is 0.298. The molecule has 132 valence electrons. The van der Waals surface area contributed by atoms with E-state index < -0.39 is 29.6 Å². The average molecular weight is 349 g/mol. The summed E-state index contributed by atoms with van der Waals surface area (Å²) in [7, 11) is 2.74. The molecule has 0 unspecified atom stereocenters. The van der Waals surface area contributed by atoms with Crippen LogP contribution in [-0.2, 0) is 9.53 Å². The number of methoxy groups -OCH3 is 2. The van der Waals surface area contributed by atoms with Gasteiger partial charge in [0.25, 0.3) is 5.91 Å². The SMILES string of the molecule is COC(=O)C[C@H](NC(=O)c1ccc(F)cc1F)c1ccc(OC)cc1. The van der Waals surface area contributed by atoms with Gasteiger partial charge in [-0.2, -0.15) is 0 Å². The number of halogens is 2. The van der Waals surface area contributed by atoms with Gasteiger partial charge in [0.2, 0.25) is 0 Å². The van der Waals surface area contributed by atoms with E-state index in [2.05, 4.69) is 10.1 Å². The van der Waals surface area contributed by atoms with Crippen LogP contribution >= 0.6 is 0 Å². The zero-order chi connectivity index (χ0) is 18.4. The van der Waals surface area contributed by atoms with E-state index in [9.17, 15) is 18.4 Å². The van der Waals surface area contributed by atoms with Crippen LogP contribution in [0.2, 0.25) is 0 Å². The lowest BCUT2D eigenvalue weighted by atomic mass is 10.0. The zero-order valence-electron chi connectivity index (χ0n) is 13.7. The zero-order valence-corrected chi connectivity index (χ0v) is 13.7. The fourth-order valence-corrected chi connectivity index (χ4v) is 2.25. The van der Waals surface area contributed by atoms with E-state index in [-0.39, 0.29) is 12.0 Å². The summed E-state index contributed by atoms with van der Waals surface area (Å²) in [5, 5.41) is 2.57. The second kappa shape index (κ2) is 8.23. The largest absolute Gasteiger partial charge is 0.497 e. The molecule has 0 spiro atoms. The molecule has 0 aromatic heterocycles. The first-order valence-corrected chi connectivity index (χ1v) is 7.41. The minimum absolute atomic E-state index is 0.141. The molecule has 0 fully saturated rings. The first-order chi connectivity index (χ1) is 11.9. The fraction of sp³-hybridized carbons (Fsp3) is 0.222. The maximum Gasteiger partial charge on any atom is 0.307 e. The maximum atomic E-state index is 13.8. The molecule has 0 radical (unpaired) electrons. The molecule has 2 aromatic rings.